The lowest BCUT2D eigenvalue weighted by molar-refractivity contribution is 0.614. The van der Waals surface area contributed by atoms with E-state index in [0.717, 1.165) is 38.3 Å². The van der Waals surface area contributed by atoms with Gasteiger partial charge in [0.25, 0.3) is 0 Å². The Morgan fingerprint density at radius 2 is 1.95 bits per heavy atom. The van der Waals surface area contributed by atoms with Crippen LogP contribution in [0.25, 0.3) is 0 Å². The molecule has 0 radical (unpaired) electrons. The molecule has 1 unspecified atom stereocenters. The number of benzene rings is 1. The van der Waals surface area contributed by atoms with E-state index in [1.165, 1.54) is 5.56 Å². The van der Waals surface area contributed by atoms with Crippen molar-refractivity contribution >= 4 is 5.96 Å². The summed E-state index contributed by atoms with van der Waals surface area (Å²) >= 11 is 0. The molecule has 0 spiro atoms. The lowest BCUT2D eigenvalue weighted by Crippen LogP contribution is -2.42. The summed E-state index contributed by atoms with van der Waals surface area (Å²) in [6.45, 7) is 7.98. The van der Waals surface area contributed by atoms with Crippen LogP contribution in [0.1, 0.15) is 45.6 Å². The minimum Gasteiger partial charge on any atom is -0.357 e. The van der Waals surface area contributed by atoms with Crippen LogP contribution in [0.3, 0.4) is 0 Å². The molecule has 0 amide bonds. The summed E-state index contributed by atoms with van der Waals surface area (Å²) < 4.78 is 13.0. The fourth-order valence-corrected chi connectivity index (χ4v) is 2.38. The van der Waals surface area contributed by atoms with Crippen LogP contribution in [0.5, 0.6) is 0 Å². The Hall–Kier alpha value is -1.58. The smallest absolute Gasteiger partial charge is 0.191 e. The summed E-state index contributed by atoms with van der Waals surface area (Å²) in [6.07, 6.45) is 3.32. The molecule has 21 heavy (non-hydrogen) atoms. The molecule has 0 bridgehead atoms. The molecule has 116 valence electrons. The second-order valence-electron chi connectivity index (χ2n) is 5.94. The highest BCUT2D eigenvalue weighted by Gasteiger charge is 2.44. The van der Waals surface area contributed by atoms with E-state index in [0.29, 0.717) is 6.04 Å². The van der Waals surface area contributed by atoms with Gasteiger partial charge in [-0.1, -0.05) is 19.1 Å². The van der Waals surface area contributed by atoms with Crippen LogP contribution in [0.2, 0.25) is 0 Å². The summed E-state index contributed by atoms with van der Waals surface area (Å²) in [5.74, 6) is 0.699. The first-order valence-corrected chi connectivity index (χ1v) is 7.90. The monoisotopic (exact) mass is 291 g/mol. The first kappa shape index (κ1) is 15.8. The molecular weight excluding hydrogens is 265 g/mol. The molecule has 0 aromatic heterocycles. The van der Waals surface area contributed by atoms with E-state index in [-0.39, 0.29) is 11.2 Å². The quantitative estimate of drug-likeness (QED) is 0.624. The highest BCUT2D eigenvalue weighted by molar-refractivity contribution is 5.80. The molecule has 1 aromatic carbocycles. The molecule has 0 saturated heterocycles. The lowest BCUT2D eigenvalue weighted by Gasteiger charge is -2.18. The number of rotatable bonds is 6. The van der Waals surface area contributed by atoms with E-state index >= 15 is 0 Å². The van der Waals surface area contributed by atoms with E-state index in [2.05, 4.69) is 31.4 Å². The third-order valence-electron chi connectivity index (χ3n) is 4.19. The maximum Gasteiger partial charge on any atom is 0.191 e. The van der Waals surface area contributed by atoms with E-state index in [4.69, 9.17) is 4.99 Å². The van der Waals surface area contributed by atoms with Crippen molar-refractivity contribution in [3.63, 3.8) is 0 Å². The third kappa shape index (κ3) is 4.19. The number of hydrogen-bond donors (Lipinski definition) is 2. The Labute approximate surface area is 127 Å². The standard InChI is InChI=1S/C17H26FN3/c1-4-13(3)21-16(19-5-2)20-12-17(10-11-17)14-6-8-15(18)9-7-14/h6-9,13H,4-5,10-12H2,1-3H3,(H2,19,20,21). The van der Waals surface area contributed by atoms with Crippen molar-refractivity contribution in [1.82, 2.24) is 10.6 Å². The number of halogens is 1. The van der Waals surface area contributed by atoms with Crippen LogP contribution in [0, 0.1) is 5.82 Å². The average molecular weight is 291 g/mol. The molecule has 0 heterocycles. The van der Waals surface area contributed by atoms with Gasteiger partial charge in [0.15, 0.2) is 5.96 Å². The van der Waals surface area contributed by atoms with Crippen molar-refractivity contribution in [2.24, 2.45) is 4.99 Å². The largest absolute Gasteiger partial charge is 0.357 e. The number of nitrogens with one attached hydrogen (secondary N) is 2. The van der Waals surface area contributed by atoms with Crippen LogP contribution < -0.4 is 10.6 Å². The van der Waals surface area contributed by atoms with Gasteiger partial charge in [0, 0.05) is 18.0 Å². The normalized spacial score (nSPS) is 18.2. The van der Waals surface area contributed by atoms with Crippen molar-refractivity contribution in [1.29, 1.82) is 0 Å². The Morgan fingerprint density at radius 3 is 2.48 bits per heavy atom. The van der Waals surface area contributed by atoms with Crippen LogP contribution in [-0.2, 0) is 5.41 Å². The van der Waals surface area contributed by atoms with Crippen LogP contribution in [0.15, 0.2) is 29.3 Å². The summed E-state index contributed by atoms with van der Waals surface area (Å²) in [7, 11) is 0. The summed E-state index contributed by atoms with van der Waals surface area (Å²) in [5.41, 5.74) is 1.32. The Bertz CT molecular complexity index is 477. The van der Waals surface area contributed by atoms with E-state index in [1.807, 2.05) is 12.1 Å². The van der Waals surface area contributed by atoms with Gasteiger partial charge in [-0.25, -0.2) is 4.39 Å². The maximum atomic E-state index is 13.0. The van der Waals surface area contributed by atoms with Crippen molar-refractivity contribution in [3.05, 3.63) is 35.6 Å². The minimum atomic E-state index is -0.176. The number of hydrogen-bond acceptors (Lipinski definition) is 1. The Balaban J connectivity index is 2.04. The first-order valence-electron chi connectivity index (χ1n) is 7.90. The van der Waals surface area contributed by atoms with Crippen molar-refractivity contribution in [2.45, 2.75) is 51.5 Å². The molecule has 1 saturated carbocycles. The first-order chi connectivity index (χ1) is 10.1. The van der Waals surface area contributed by atoms with E-state index in [1.54, 1.807) is 12.1 Å². The van der Waals surface area contributed by atoms with E-state index < -0.39 is 0 Å². The van der Waals surface area contributed by atoms with E-state index in [9.17, 15) is 4.39 Å². The zero-order valence-corrected chi connectivity index (χ0v) is 13.2. The Morgan fingerprint density at radius 1 is 1.29 bits per heavy atom. The predicted molar refractivity (Wildman–Crippen MR) is 86.2 cm³/mol. The fraction of sp³-hybridized carbons (Fsp3) is 0.588. The van der Waals surface area contributed by atoms with Gasteiger partial charge in [0.2, 0.25) is 0 Å². The Kier molecular flexibility index (Phi) is 5.21. The minimum absolute atomic E-state index is 0.117. The number of aliphatic imine (C=N–C) groups is 1. The summed E-state index contributed by atoms with van der Waals surface area (Å²) in [4.78, 5) is 4.74. The molecule has 2 N–H and O–H groups in total. The third-order valence-corrected chi connectivity index (χ3v) is 4.19. The van der Waals surface area contributed by atoms with Crippen molar-refractivity contribution in [2.75, 3.05) is 13.1 Å². The molecule has 1 aliphatic carbocycles. The van der Waals surface area contributed by atoms with Gasteiger partial charge in [-0.15, -0.1) is 0 Å². The molecule has 0 aliphatic heterocycles. The van der Waals surface area contributed by atoms with Crippen LogP contribution in [0.4, 0.5) is 4.39 Å². The highest BCUT2D eigenvalue weighted by Crippen LogP contribution is 2.48. The highest BCUT2D eigenvalue weighted by atomic mass is 19.1. The molecule has 1 aliphatic rings. The molecule has 1 aromatic rings. The van der Waals surface area contributed by atoms with Crippen LogP contribution >= 0.6 is 0 Å². The SMILES string of the molecule is CCNC(=NCC1(c2ccc(F)cc2)CC1)NC(C)CC. The topological polar surface area (TPSA) is 36.4 Å². The zero-order valence-electron chi connectivity index (χ0n) is 13.2. The zero-order chi connectivity index (χ0) is 15.3. The van der Waals surface area contributed by atoms with Gasteiger partial charge in [-0.3, -0.25) is 4.99 Å². The molecule has 3 nitrogen and oxygen atoms in total. The van der Waals surface area contributed by atoms with Gasteiger partial charge in [-0.05, 0) is 50.8 Å². The molecule has 1 fully saturated rings. The van der Waals surface area contributed by atoms with Crippen molar-refractivity contribution in [3.8, 4) is 0 Å². The summed E-state index contributed by atoms with van der Waals surface area (Å²) in [5, 5.41) is 6.70. The molecule has 4 heteroatoms. The molecular formula is C17H26FN3. The summed E-state index contributed by atoms with van der Waals surface area (Å²) in [6, 6.07) is 7.28. The van der Waals surface area contributed by atoms with Crippen LogP contribution in [-0.4, -0.2) is 25.1 Å². The second-order valence-corrected chi connectivity index (χ2v) is 5.94. The van der Waals surface area contributed by atoms with Gasteiger partial charge in [-0.2, -0.15) is 0 Å². The average Bonchev–Trinajstić information content (AvgIpc) is 3.27. The number of nitrogens with zero attached hydrogens (tertiary/aromatic N) is 1. The van der Waals surface area contributed by atoms with Crippen molar-refractivity contribution < 1.29 is 4.39 Å². The van der Waals surface area contributed by atoms with Gasteiger partial charge in [0.05, 0.1) is 6.54 Å². The lowest BCUT2D eigenvalue weighted by atomic mass is 9.96. The van der Waals surface area contributed by atoms with Gasteiger partial charge < -0.3 is 10.6 Å². The predicted octanol–water partition coefficient (Wildman–Crippen LogP) is 3.21. The molecule has 1 atom stereocenters. The number of guanidine groups is 1. The fourth-order valence-electron chi connectivity index (χ4n) is 2.38. The van der Waals surface area contributed by atoms with Gasteiger partial charge >= 0.3 is 0 Å². The van der Waals surface area contributed by atoms with Gasteiger partial charge in [0.1, 0.15) is 5.82 Å². The molecule has 2 rings (SSSR count). The second kappa shape index (κ2) is 6.92. The maximum absolute atomic E-state index is 13.0.